The van der Waals surface area contributed by atoms with Gasteiger partial charge in [-0.3, -0.25) is 4.79 Å². The van der Waals surface area contributed by atoms with Crippen LogP contribution in [0.5, 0.6) is 0 Å². The normalized spacial score (nSPS) is 11.3. The Hall–Kier alpha value is -1.39. The van der Waals surface area contributed by atoms with E-state index >= 15 is 0 Å². The molecule has 2 aromatic carbocycles. The predicted molar refractivity (Wildman–Crippen MR) is 112 cm³/mol. The van der Waals surface area contributed by atoms with Crippen molar-refractivity contribution >= 4 is 29.4 Å². The number of nitrogens with one attached hydrogen (secondary N) is 1. The van der Waals surface area contributed by atoms with Gasteiger partial charge in [0.1, 0.15) is 0 Å². The molecule has 4 heteroatoms. The lowest BCUT2D eigenvalue weighted by Gasteiger charge is -2.17. The van der Waals surface area contributed by atoms with Crippen LogP contribution in [-0.4, -0.2) is 23.0 Å². The molecule has 1 amide bonds. The van der Waals surface area contributed by atoms with Gasteiger partial charge in [0.05, 0.1) is 0 Å². The molecule has 0 radical (unpaired) electrons. The van der Waals surface area contributed by atoms with Crippen LogP contribution in [0.15, 0.2) is 54.6 Å². The van der Waals surface area contributed by atoms with Crippen LogP contribution in [0.25, 0.3) is 0 Å². The summed E-state index contributed by atoms with van der Waals surface area (Å²) in [5.41, 5.74) is 3.33. The Bertz CT molecular complexity index is 648. The van der Waals surface area contributed by atoms with Crippen molar-refractivity contribution in [1.29, 1.82) is 0 Å². The van der Waals surface area contributed by atoms with Crippen LogP contribution in [0.2, 0.25) is 0 Å². The maximum absolute atomic E-state index is 12.2. The van der Waals surface area contributed by atoms with E-state index in [0.717, 1.165) is 22.8 Å². The molecule has 2 nitrogen and oxygen atoms in total. The van der Waals surface area contributed by atoms with Gasteiger partial charge < -0.3 is 5.32 Å². The molecule has 0 bridgehead atoms. The molecule has 1 N–H and O–H groups in total. The highest BCUT2D eigenvalue weighted by Gasteiger charge is 2.10. The van der Waals surface area contributed by atoms with Crippen LogP contribution >= 0.6 is 23.5 Å². The Morgan fingerprint density at radius 2 is 1.52 bits per heavy atom. The van der Waals surface area contributed by atoms with E-state index in [-0.39, 0.29) is 10.7 Å². The fraction of sp³-hybridized carbons (Fsp3) is 0.381. The smallest absolute Gasteiger partial charge is 0.251 e. The number of rotatable bonds is 8. The summed E-state index contributed by atoms with van der Waals surface area (Å²) in [6, 6.07) is 18.4. The van der Waals surface area contributed by atoms with Crippen molar-refractivity contribution in [2.45, 2.75) is 37.0 Å². The lowest BCUT2D eigenvalue weighted by atomic mass is 10.1. The first kappa shape index (κ1) is 19.9. The number of amides is 1. The molecule has 0 aliphatic carbocycles. The number of carbonyl (C=O) groups excluding carboxylic acids is 1. The highest BCUT2D eigenvalue weighted by Crippen LogP contribution is 2.22. The quantitative estimate of drug-likeness (QED) is 0.630. The van der Waals surface area contributed by atoms with Gasteiger partial charge in [-0.2, -0.15) is 23.5 Å². The molecule has 0 saturated heterocycles. The summed E-state index contributed by atoms with van der Waals surface area (Å²) in [6.45, 7) is 7.27. The third-order valence-electron chi connectivity index (χ3n) is 3.52. The minimum atomic E-state index is 0.0120. The second-order valence-corrected chi connectivity index (χ2v) is 9.80. The molecule has 0 unspecified atom stereocenters. The SMILES string of the molecule is CC(C)(C)SCCNC(=O)c1ccc(CSCc2ccccc2)cc1. The molecule has 0 atom stereocenters. The Balaban J connectivity index is 1.72. The monoisotopic (exact) mass is 373 g/mol. The molecule has 0 aliphatic rings. The minimum absolute atomic E-state index is 0.0120. The number of hydrogen-bond donors (Lipinski definition) is 1. The van der Waals surface area contributed by atoms with Gasteiger partial charge in [-0.05, 0) is 23.3 Å². The van der Waals surface area contributed by atoms with E-state index < -0.39 is 0 Å². The zero-order valence-electron chi connectivity index (χ0n) is 15.2. The van der Waals surface area contributed by atoms with Gasteiger partial charge in [-0.15, -0.1) is 0 Å². The summed E-state index contributed by atoms with van der Waals surface area (Å²) in [5, 5.41) is 2.99. The Labute approximate surface area is 160 Å². The maximum Gasteiger partial charge on any atom is 0.251 e. The zero-order valence-corrected chi connectivity index (χ0v) is 16.9. The van der Waals surface area contributed by atoms with Gasteiger partial charge in [0.2, 0.25) is 0 Å². The number of carbonyl (C=O) groups is 1. The first-order chi connectivity index (χ1) is 11.9. The number of benzene rings is 2. The summed E-state index contributed by atoms with van der Waals surface area (Å²) in [5.74, 6) is 2.91. The van der Waals surface area contributed by atoms with Crippen molar-refractivity contribution in [3.05, 3.63) is 71.3 Å². The lowest BCUT2D eigenvalue weighted by Crippen LogP contribution is -2.26. The van der Waals surface area contributed by atoms with E-state index in [1.807, 2.05) is 41.7 Å². The van der Waals surface area contributed by atoms with Crippen molar-refractivity contribution in [2.24, 2.45) is 0 Å². The molecule has 0 spiro atoms. The second kappa shape index (κ2) is 9.93. The maximum atomic E-state index is 12.2. The van der Waals surface area contributed by atoms with Gasteiger partial charge in [0.25, 0.3) is 5.91 Å². The minimum Gasteiger partial charge on any atom is -0.351 e. The summed E-state index contributed by atoms with van der Waals surface area (Å²) < 4.78 is 0.240. The van der Waals surface area contributed by atoms with E-state index in [9.17, 15) is 4.79 Å². The van der Waals surface area contributed by atoms with Crippen molar-refractivity contribution < 1.29 is 4.79 Å². The first-order valence-corrected chi connectivity index (χ1v) is 10.7. The zero-order chi connectivity index (χ0) is 18.1. The molecule has 2 aromatic rings. The van der Waals surface area contributed by atoms with Gasteiger partial charge >= 0.3 is 0 Å². The molecule has 25 heavy (non-hydrogen) atoms. The Morgan fingerprint density at radius 1 is 0.920 bits per heavy atom. The third-order valence-corrected chi connectivity index (χ3v) is 5.87. The fourth-order valence-electron chi connectivity index (χ4n) is 2.24. The van der Waals surface area contributed by atoms with Crippen molar-refractivity contribution in [3.8, 4) is 0 Å². The van der Waals surface area contributed by atoms with E-state index in [1.54, 1.807) is 0 Å². The average Bonchev–Trinajstić information content (AvgIpc) is 2.59. The van der Waals surface area contributed by atoms with Gasteiger partial charge in [0.15, 0.2) is 0 Å². The predicted octanol–water partition coefficient (Wildman–Crippen LogP) is 5.38. The van der Waals surface area contributed by atoms with Crippen LogP contribution in [0, 0.1) is 0 Å². The molecule has 2 rings (SSSR count). The topological polar surface area (TPSA) is 29.1 Å². The van der Waals surface area contributed by atoms with Crippen LogP contribution in [0.1, 0.15) is 42.3 Å². The number of hydrogen-bond acceptors (Lipinski definition) is 3. The van der Waals surface area contributed by atoms with Crippen LogP contribution in [0.3, 0.4) is 0 Å². The Kier molecular flexibility index (Phi) is 7.91. The van der Waals surface area contributed by atoms with Crippen molar-refractivity contribution in [2.75, 3.05) is 12.3 Å². The molecule has 0 aliphatic heterocycles. The fourth-order valence-corrected chi connectivity index (χ4v) is 4.01. The molecule has 134 valence electrons. The molecule has 0 fully saturated rings. The summed E-state index contributed by atoms with van der Waals surface area (Å²) in [6.07, 6.45) is 0. The van der Waals surface area contributed by atoms with E-state index in [0.29, 0.717) is 6.54 Å². The molecule has 0 saturated carbocycles. The summed E-state index contributed by atoms with van der Waals surface area (Å²) in [4.78, 5) is 12.2. The molecular formula is C21H27NOS2. The van der Waals surface area contributed by atoms with Crippen LogP contribution in [-0.2, 0) is 11.5 Å². The largest absolute Gasteiger partial charge is 0.351 e. The third kappa shape index (κ3) is 8.02. The van der Waals surface area contributed by atoms with Crippen molar-refractivity contribution in [3.63, 3.8) is 0 Å². The lowest BCUT2D eigenvalue weighted by molar-refractivity contribution is 0.0956. The van der Waals surface area contributed by atoms with Gasteiger partial charge in [-0.25, -0.2) is 0 Å². The van der Waals surface area contributed by atoms with E-state index in [4.69, 9.17) is 0 Å². The highest BCUT2D eigenvalue weighted by atomic mass is 32.2. The van der Waals surface area contributed by atoms with Gasteiger partial charge in [0, 0.05) is 34.1 Å². The van der Waals surface area contributed by atoms with Crippen LogP contribution < -0.4 is 5.32 Å². The Morgan fingerprint density at radius 3 is 2.12 bits per heavy atom. The molecule has 0 heterocycles. The summed E-state index contributed by atoms with van der Waals surface area (Å²) >= 11 is 3.75. The molecule has 0 aromatic heterocycles. The van der Waals surface area contributed by atoms with Gasteiger partial charge in [-0.1, -0.05) is 63.2 Å². The molecular weight excluding hydrogens is 346 g/mol. The van der Waals surface area contributed by atoms with Crippen LogP contribution in [0.4, 0.5) is 0 Å². The average molecular weight is 374 g/mol. The van der Waals surface area contributed by atoms with E-state index in [2.05, 4.69) is 62.5 Å². The summed E-state index contributed by atoms with van der Waals surface area (Å²) in [7, 11) is 0. The van der Waals surface area contributed by atoms with E-state index in [1.165, 1.54) is 11.1 Å². The number of thioether (sulfide) groups is 2. The standard InChI is InChI=1S/C21H27NOS2/c1-21(2,3)25-14-13-22-20(23)19-11-9-18(10-12-19)16-24-15-17-7-5-4-6-8-17/h4-12H,13-16H2,1-3H3,(H,22,23). The second-order valence-electron chi connectivity index (χ2n) is 6.89. The van der Waals surface area contributed by atoms with Crippen molar-refractivity contribution in [1.82, 2.24) is 5.32 Å². The highest BCUT2D eigenvalue weighted by molar-refractivity contribution is 8.00. The first-order valence-electron chi connectivity index (χ1n) is 8.57.